The number of hydrogen-bond donors (Lipinski definition) is 2. The molecule has 3 aromatic carbocycles. The van der Waals surface area contributed by atoms with E-state index in [0.29, 0.717) is 28.4 Å². The van der Waals surface area contributed by atoms with Crippen LogP contribution in [0, 0.1) is 0 Å². The van der Waals surface area contributed by atoms with Gasteiger partial charge in [0.25, 0.3) is 11.8 Å². The summed E-state index contributed by atoms with van der Waals surface area (Å²) in [6.07, 6.45) is -0.813. The molecule has 2 amide bonds. The second-order valence-corrected chi connectivity index (χ2v) is 6.83. The zero-order chi connectivity index (χ0) is 24.3. The Kier molecular flexibility index (Phi) is 8.45. The van der Waals surface area contributed by atoms with E-state index in [2.05, 4.69) is 10.6 Å². The Hall–Kier alpha value is -4.53. The van der Waals surface area contributed by atoms with Crippen molar-refractivity contribution in [1.29, 1.82) is 0 Å². The maximum absolute atomic E-state index is 12.5. The van der Waals surface area contributed by atoms with Crippen LogP contribution in [-0.4, -0.2) is 38.3 Å². The molecule has 0 aliphatic rings. The van der Waals surface area contributed by atoms with Crippen LogP contribution in [-0.2, 0) is 9.53 Å². The smallest absolute Gasteiger partial charge is 0.493 e. The van der Waals surface area contributed by atoms with Crippen LogP contribution >= 0.6 is 0 Å². The van der Waals surface area contributed by atoms with Crippen molar-refractivity contribution < 1.29 is 33.3 Å². The molecule has 2 N–H and O–H groups in total. The highest BCUT2D eigenvalue weighted by Gasteiger charge is 2.11. The lowest BCUT2D eigenvalue weighted by Crippen LogP contribution is -2.20. The van der Waals surface area contributed by atoms with Gasteiger partial charge in [0.2, 0.25) is 0 Å². The first kappa shape index (κ1) is 24.1. The molecule has 0 spiro atoms. The van der Waals surface area contributed by atoms with Crippen molar-refractivity contribution in [3.63, 3.8) is 0 Å². The topological polar surface area (TPSA) is 112 Å². The molecule has 0 atom stereocenters. The third-order valence-corrected chi connectivity index (χ3v) is 4.41. The van der Waals surface area contributed by atoms with Gasteiger partial charge in [-0.05, 0) is 61.5 Å². The Bertz CT molecular complexity index is 1150. The summed E-state index contributed by atoms with van der Waals surface area (Å²) in [6, 6.07) is 19.7. The second kappa shape index (κ2) is 11.9. The Balaban J connectivity index is 1.55. The summed E-state index contributed by atoms with van der Waals surface area (Å²) in [5.74, 6) is 0.507. The van der Waals surface area contributed by atoms with Gasteiger partial charge < -0.3 is 29.6 Å². The van der Waals surface area contributed by atoms with E-state index in [-0.39, 0.29) is 30.8 Å². The summed E-state index contributed by atoms with van der Waals surface area (Å²) in [4.78, 5) is 36.2. The maximum atomic E-state index is 12.5. The minimum atomic E-state index is -0.813. The van der Waals surface area contributed by atoms with Crippen LogP contribution in [0.1, 0.15) is 17.3 Å². The Morgan fingerprint density at radius 3 is 2.18 bits per heavy atom. The number of methoxy groups -OCH3 is 1. The van der Waals surface area contributed by atoms with Gasteiger partial charge in [-0.3, -0.25) is 9.59 Å². The number of ether oxygens (including phenoxy) is 4. The number of benzene rings is 3. The average molecular weight is 464 g/mol. The molecule has 0 unspecified atom stereocenters. The van der Waals surface area contributed by atoms with Crippen molar-refractivity contribution in [2.75, 3.05) is 31.0 Å². The lowest BCUT2D eigenvalue weighted by atomic mass is 10.2. The fourth-order valence-corrected chi connectivity index (χ4v) is 2.87. The van der Waals surface area contributed by atoms with Gasteiger partial charge in [-0.15, -0.1) is 0 Å². The van der Waals surface area contributed by atoms with Gasteiger partial charge in [-0.1, -0.05) is 18.2 Å². The summed E-state index contributed by atoms with van der Waals surface area (Å²) in [6.45, 7) is 1.66. The fourth-order valence-electron chi connectivity index (χ4n) is 2.87. The van der Waals surface area contributed by atoms with Crippen LogP contribution in [0.2, 0.25) is 0 Å². The number of carbonyl (C=O) groups excluding carboxylic acids is 3. The predicted molar refractivity (Wildman–Crippen MR) is 126 cm³/mol. The summed E-state index contributed by atoms with van der Waals surface area (Å²) >= 11 is 0. The van der Waals surface area contributed by atoms with Gasteiger partial charge in [0.15, 0.2) is 18.1 Å². The molecule has 0 aliphatic carbocycles. The van der Waals surface area contributed by atoms with Crippen molar-refractivity contribution >= 4 is 29.3 Å². The van der Waals surface area contributed by atoms with Gasteiger partial charge >= 0.3 is 6.16 Å². The lowest BCUT2D eigenvalue weighted by molar-refractivity contribution is -0.118. The van der Waals surface area contributed by atoms with E-state index in [4.69, 9.17) is 18.9 Å². The highest BCUT2D eigenvalue weighted by molar-refractivity contribution is 6.04. The van der Waals surface area contributed by atoms with E-state index in [1.54, 1.807) is 55.5 Å². The highest BCUT2D eigenvalue weighted by atomic mass is 16.7. The van der Waals surface area contributed by atoms with Crippen LogP contribution in [0.5, 0.6) is 17.2 Å². The normalized spacial score (nSPS) is 10.1. The SMILES string of the molecule is CCOC(=O)Oc1ccc(C(=O)Nc2cccc(NC(=O)COc3ccccc3OC)c2)cc1. The van der Waals surface area contributed by atoms with Crippen LogP contribution in [0.4, 0.5) is 16.2 Å². The van der Waals surface area contributed by atoms with E-state index in [9.17, 15) is 14.4 Å². The molecule has 0 aliphatic heterocycles. The van der Waals surface area contributed by atoms with Crippen LogP contribution < -0.4 is 24.8 Å². The summed E-state index contributed by atoms with van der Waals surface area (Å²) in [7, 11) is 1.52. The maximum Gasteiger partial charge on any atom is 0.513 e. The molecule has 3 rings (SSSR count). The summed E-state index contributed by atoms with van der Waals surface area (Å²) < 4.78 is 20.4. The quantitative estimate of drug-likeness (QED) is 0.354. The molecule has 176 valence electrons. The molecule has 9 nitrogen and oxygen atoms in total. The van der Waals surface area contributed by atoms with Crippen molar-refractivity contribution in [2.45, 2.75) is 6.92 Å². The van der Waals surface area contributed by atoms with E-state index >= 15 is 0 Å². The van der Waals surface area contributed by atoms with Gasteiger partial charge in [0.1, 0.15) is 5.75 Å². The molecule has 0 aromatic heterocycles. The highest BCUT2D eigenvalue weighted by Crippen LogP contribution is 2.25. The molecule has 0 fully saturated rings. The molecule has 0 bridgehead atoms. The Morgan fingerprint density at radius 1 is 0.824 bits per heavy atom. The Morgan fingerprint density at radius 2 is 1.50 bits per heavy atom. The number of rotatable bonds is 9. The number of hydrogen-bond acceptors (Lipinski definition) is 7. The number of carbonyl (C=O) groups is 3. The molecular weight excluding hydrogens is 440 g/mol. The molecule has 0 radical (unpaired) electrons. The zero-order valence-electron chi connectivity index (χ0n) is 18.7. The van der Waals surface area contributed by atoms with Gasteiger partial charge in [0, 0.05) is 16.9 Å². The molecule has 0 saturated carbocycles. The molecule has 0 saturated heterocycles. The fraction of sp³-hybridized carbons (Fsp3) is 0.160. The van der Waals surface area contributed by atoms with E-state index in [0.717, 1.165) is 0 Å². The Labute approximate surface area is 196 Å². The minimum absolute atomic E-state index is 0.202. The van der Waals surface area contributed by atoms with Crippen molar-refractivity contribution in [3.8, 4) is 17.2 Å². The molecule has 9 heteroatoms. The van der Waals surface area contributed by atoms with Crippen LogP contribution in [0.25, 0.3) is 0 Å². The monoisotopic (exact) mass is 464 g/mol. The van der Waals surface area contributed by atoms with Gasteiger partial charge in [-0.2, -0.15) is 0 Å². The largest absolute Gasteiger partial charge is 0.513 e. The zero-order valence-corrected chi connectivity index (χ0v) is 18.7. The van der Waals surface area contributed by atoms with E-state index < -0.39 is 6.16 Å². The van der Waals surface area contributed by atoms with Crippen LogP contribution in [0.15, 0.2) is 72.8 Å². The lowest BCUT2D eigenvalue weighted by Gasteiger charge is -2.11. The molecule has 3 aromatic rings. The molecule has 34 heavy (non-hydrogen) atoms. The first-order valence-corrected chi connectivity index (χ1v) is 10.4. The minimum Gasteiger partial charge on any atom is -0.493 e. The van der Waals surface area contributed by atoms with Crippen molar-refractivity contribution in [2.24, 2.45) is 0 Å². The molecule has 0 heterocycles. The standard InChI is InChI=1S/C25H24N2O7/c1-3-32-25(30)34-20-13-11-17(12-14-20)24(29)27-19-8-6-7-18(15-19)26-23(28)16-33-22-10-5-4-9-21(22)31-2/h4-15H,3,16H2,1-2H3,(H,26,28)(H,27,29). The summed E-state index contributed by atoms with van der Waals surface area (Å²) in [5.41, 5.74) is 1.33. The average Bonchev–Trinajstić information content (AvgIpc) is 2.83. The summed E-state index contributed by atoms with van der Waals surface area (Å²) in [5, 5.41) is 5.48. The number of anilines is 2. The van der Waals surface area contributed by atoms with Gasteiger partial charge in [-0.25, -0.2) is 4.79 Å². The van der Waals surface area contributed by atoms with Gasteiger partial charge in [0.05, 0.1) is 13.7 Å². The van der Waals surface area contributed by atoms with Crippen molar-refractivity contribution in [1.82, 2.24) is 0 Å². The number of amides is 2. The number of nitrogens with one attached hydrogen (secondary N) is 2. The van der Waals surface area contributed by atoms with E-state index in [1.807, 2.05) is 0 Å². The third-order valence-electron chi connectivity index (χ3n) is 4.41. The first-order chi connectivity index (χ1) is 16.5. The second-order valence-electron chi connectivity index (χ2n) is 6.83. The van der Waals surface area contributed by atoms with Crippen LogP contribution in [0.3, 0.4) is 0 Å². The molecular formula is C25H24N2O7. The predicted octanol–water partition coefficient (Wildman–Crippen LogP) is 4.50. The number of para-hydroxylation sites is 2. The van der Waals surface area contributed by atoms with Crippen molar-refractivity contribution in [3.05, 3.63) is 78.4 Å². The van der Waals surface area contributed by atoms with E-state index in [1.165, 1.54) is 31.4 Å². The first-order valence-electron chi connectivity index (χ1n) is 10.4. The third kappa shape index (κ3) is 6.99.